The van der Waals surface area contributed by atoms with Gasteiger partial charge in [0.2, 0.25) is 0 Å². The Bertz CT molecular complexity index is 612. The van der Waals surface area contributed by atoms with Crippen LogP contribution in [0, 0.1) is 0 Å². The molecule has 0 radical (unpaired) electrons. The van der Waals surface area contributed by atoms with E-state index in [0.717, 1.165) is 9.36 Å². The number of nitrogens with zero attached hydrogens (tertiary/aromatic N) is 3. The third-order valence-corrected chi connectivity index (χ3v) is 2.40. The maximum atomic E-state index is 11.8. The Morgan fingerprint density at radius 3 is 2.50 bits per heavy atom. The molecule has 94 valence electrons. The second kappa shape index (κ2) is 4.74. The Morgan fingerprint density at radius 1 is 1.33 bits per heavy atom. The average molecular weight is 248 g/mol. The van der Waals surface area contributed by atoms with E-state index in [9.17, 15) is 9.59 Å². The zero-order chi connectivity index (χ0) is 13.1. The molecule has 2 rings (SSSR count). The van der Waals surface area contributed by atoms with Crippen molar-refractivity contribution in [1.29, 1.82) is 0 Å². The zero-order valence-corrected chi connectivity index (χ0v) is 9.95. The van der Waals surface area contributed by atoms with Gasteiger partial charge in [-0.25, -0.2) is 9.48 Å². The minimum atomic E-state index is -0.420. The van der Waals surface area contributed by atoms with Gasteiger partial charge in [-0.05, 0) is 24.3 Å². The van der Waals surface area contributed by atoms with Crippen LogP contribution in [0.15, 0.2) is 35.4 Å². The fraction of sp³-hybridized carbons (Fsp3) is 0.182. The predicted octanol–water partition coefficient (Wildman–Crippen LogP) is -0.0257. The maximum Gasteiger partial charge on any atom is 0.364 e. The minimum Gasteiger partial charge on any atom is -0.497 e. The molecule has 0 bridgehead atoms. The number of benzene rings is 1. The SMILES string of the molecule is COc1ccc(C(=O)Nn2cnn(C)c2=O)cc1. The lowest BCUT2D eigenvalue weighted by atomic mass is 10.2. The van der Waals surface area contributed by atoms with Crippen molar-refractivity contribution in [3.8, 4) is 5.75 Å². The molecule has 1 aromatic carbocycles. The van der Waals surface area contributed by atoms with E-state index in [1.807, 2.05) is 0 Å². The van der Waals surface area contributed by atoms with Gasteiger partial charge in [0.1, 0.15) is 12.1 Å². The number of aryl methyl sites for hydroxylation is 1. The number of ether oxygens (including phenoxy) is 1. The molecule has 0 aliphatic rings. The van der Waals surface area contributed by atoms with Crippen LogP contribution < -0.4 is 15.9 Å². The highest BCUT2D eigenvalue weighted by Crippen LogP contribution is 2.11. The molecule has 2 aromatic rings. The summed E-state index contributed by atoms with van der Waals surface area (Å²) in [5, 5.41) is 3.72. The molecular weight excluding hydrogens is 236 g/mol. The number of carbonyl (C=O) groups is 1. The second-order valence-electron chi connectivity index (χ2n) is 3.58. The Morgan fingerprint density at radius 2 is 2.00 bits per heavy atom. The van der Waals surface area contributed by atoms with Crippen LogP contribution >= 0.6 is 0 Å². The van der Waals surface area contributed by atoms with Crippen LogP contribution in [0.3, 0.4) is 0 Å². The molecule has 1 heterocycles. The highest BCUT2D eigenvalue weighted by atomic mass is 16.5. The first-order valence-corrected chi connectivity index (χ1v) is 5.18. The molecule has 0 fully saturated rings. The number of rotatable bonds is 3. The molecule has 0 atom stereocenters. The zero-order valence-electron chi connectivity index (χ0n) is 9.95. The molecule has 0 spiro atoms. The highest BCUT2D eigenvalue weighted by molar-refractivity contribution is 5.99. The number of hydrogen-bond donors (Lipinski definition) is 1. The molecule has 18 heavy (non-hydrogen) atoms. The summed E-state index contributed by atoms with van der Waals surface area (Å²) in [6.45, 7) is 0. The van der Waals surface area contributed by atoms with Crippen LogP contribution in [0.25, 0.3) is 0 Å². The minimum absolute atomic E-state index is 0.396. The Balaban J connectivity index is 2.16. The summed E-state index contributed by atoms with van der Waals surface area (Å²) in [5.74, 6) is 0.262. The van der Waals surface area contributed by atoms with Crippen molar-refractivity contribution in [2.45, 2.75) is 0 Å². The summed E-state index contributed by atoms with van der Waals surface area (Å²) in [5.41, 5.74) is 2.43. The van der Waals surface area contributed by atoms with E-state index < -0.39 is 11.6 Å². The van der Waals surface area contributed by atoms with Crippen LogP contribution in [0.4, 0.5) is 0 Å². The van der Waals surface area contributed by atoms with Crippen molar-refractivity contribution < 1.29 is 9.53 Å². The molecule has 7 heteroatoms. The van der Waals surface area contributed by atoms with Crippen molar-refractivity contribution in [2.24, 2.45) is 7.05 Å². The molecule has 0 saturated carbocycles. The lowest BCUT2D eigenvalue weighted by Crippen LogP contribution is -2.33. The molecule has 1 amide bonds. The van der Waals surface area contributed by atoms with E-state index >= 15 is 0 Å². The Hall–Kier alpha value is -2.57. The lowest BCUT2D eigenvalue weighted by molar-refractivity contribution is 0.101. The van der Waals surface area contributed by atoms with E-state index in [1.54, 1.807) is 31.4 Å². The van der Waals surface area contributed by atoms with E-state index in [4.69, 9.17) is 4.74 Å². The third-order valence-electron chi connectivity index (χ3n) is 2.40. The topological polar surface area (TPSA) is 78.2 Å². The van der Waals surface area contributed by atoms with E-state index in [2.05, 4.69) is 10.5 Å². The summed E-state index contributed by atoms with van der Waals surface area (Å²) in [6, 6.07) is 6.55. The molecule has 1 N–H and O–H groups in total. The van der Waals surface area contributed by atoms with Gasteiger partial charge in [0, 0.05) is 12.6 Å². The van der Waals surface area contributed by atoms with Gasteiger partial charge in [0.05, 0.1) is 7.11 Å². The second-order valence-corrected chi connectivity index (χ2v) is 3.58. The van der Waals surface area contributed by atoms with Crippen LogP contribution in [0.5, 0.6) is 5.75 Å². The average Bonchev–Trinajstić information content (AvgIpc) is 2.71. The molecule has 7 nitrogen and oxygen atoms in total. The normalized spacial score (nSPS) is 10.1. The van der Waals surface area contributed by atoms with Gasteiger partial charge in [-0.2, -0.15) is 9.77 Å². The van der Waals surface area contributed by atoms with Gasteiger partial charge in [-0.1, -0.05) is 0 Å². The molecular formula is C11H12N4O3. The molecule has 0 aliphatic heterocycles. The molecule has 1 aromatic heterocycles. The summed E-state index contributed by atoms with van der Waals surface area (Å²) >= 11 is 0. The van der Waals surface area contributed by atoms with Crippen molar-refractivity contribution >= 4 is 5.91 Å². The van der Waals surface area contributed by atoms with Crippen LogP contribution in [0.2, 0.25) is 0 Å². The quantitative estimate of drug-likeness (QED) is 0.827. The van der Waals surface area contributed by atoms with Crippen LogP contribution in [-0.4, -0.2) is 27.5 Å². The van der Waals surface area contributed by atoms with Crippen molar-refractivity contribution in [3.63, 3.8) is 0 Å². The van der Waals surface area contributed by atoms with Crippen molar-refractivity contribution in [2.75, 3.05) is 12.5 Å². The molecule has 0 aliphatic carbocycles. The fourth-order valence-corrected chi connectivity index (χ4v) is 1.38. The van der Waals surface area contributed by atoms with Gasteiger partial charge >= 0.3 is 5.69 Å². The molecule has 0 unspecified atom stereocenters. The van der Waals surface area contributed by atoms with Gasteiger partial charge in [0.25, 0.3) is 5.91 Å². The summed E-state index contributed by atoms with van der Waals surface area (Å²) in [7, 11) is 3.04. The predicted molar refractivity (Wildman–Crippen MR) is 64.2 cm³/mol. The summed E-state index contributed by atoms with van der Waals surface area (Å²) in [4.78, 5) is 23.3. The van der Waals surface area contributed by atoms with E-state index in [-0.39, 0.29) is 0 Å². The first-order chi connectivity index (χ1) is 8.61. The van der Waals surface area contributed by atoms with Crippen LogP contribution in [0.1, 0.15) is 10.4 Å². The summed E-state index contributed by atoms with van der Waals surface area (Å²) in [6.07, 6.45) is 1.24. The number of nitrogens with one attached hydrogen (secondary N) is 1. The lowest BCUT2D eigenvalue weighted by Gasteiger charge is -2.04. The largest absolute Gasteiger partial charge is 0.497 e. The van der Waals surface area contributed by atoms with Gasteiger partial charge in [-0.15, -0.1) is 0 Å². The maximum absolute atomic E-state index is 11.8. The van der Waals surface area contributed by atoms with E-state index in [0.29, 0.717) is 11.3 Å². The first-order valence-electron chi connectivity index (χ1n) is 5.18. The standard InChI is InChI=1S/C11H12N4O3/c1-14-11(17)15(7-12-14)13-10(16)8-3-5-9(18-2)6-4-8/h3-7H,1-2H3,(H,13,16). The van der Waals surface area contributed by atoms with Gasteiger partial charge in [0.15, 0.2) is 0 Å². The number of amides is 1. The first kappa shape index (κ1) is 11.9. The summed E-state index contributed by atoms with van der Waals surface area (Å²) < 4.78 is 7.13. The highest BCUT2D eigenvalue weighted by Gasteiger charge is 2.08. The Labute approximate surface area is 103 Å². The third kappa shape index (κ3) is 2.24. The number of methoxy groups -OCH3 is 1. The number of aromatic nitrogens is 3. The smallest absolute Gasteiger partial charge is 0.364 e. The Kier molecular flexibility index (Phi) is 3.13. The van der Waals surface area contributed by atoms with Crippen LogP contribution in [-0.2, 0) is 7.05 Å². The van der Waals surface area contributed by atoms with Crippen molar-refractivity contribution in [1.82, 2.24) is 14.5 Å². The van der Waals surface area contributed by atoms with Gasteiger partial charge < -0.3 is 4.74 Å². The van der Waals surface area contributed by atoms with Gasteiger partial charge in [-0.3, -0.25) is 10.2 Å². The fourth-order valence-electron chi connectivity index (χ4n) is 1.38. The monoisotopic (exact) mass is 248 g/mol. The van der Waals surface area contributed by atoms with Crippen molar-refractivity contribution in [3.05, 3.63) is 46.6 Å². The van der Waals surface area contributed by atoms with E-state index in [1.165, 1.54) is 13.4 Å². The molecule has 0 saturated heterocycles. The number of hydrogen-bond acceptors (Lipinski definition) is 4. The number of carbonyl (C=O) groups excluding carboxylic acids is 1.